The van der Waals surface area contributed by atoms with E-state index in [1.165, 1.54) is 12.3 Å². The Balaban J connectivity index is 2.71. The van der Waals surface area contributed by atoms with Crippen molar-refractivity contribution in [2.75, 3.05) is 0 Å². The lowest BCUT2D eigenvalue weighted by atomic mass is 10.1. The first-order valence-electron chi connectivity index (χ1n) is 5.84. The normalized spacial score (nSPS) is 11.8. The lowest BCUT2D eigenvalue weighted by Crippen LogP contribution is -2.41. The first-order valence-corrected chi connectivity index (χ1v) is 5.84. The van der Waals surface area contributed by atoms with Crippen LogP contribution in [0, 0.1) is 0 Å². The molecule has 0 aromatic carbocycles. The second-order valence-electron chi connectivity index (χ2n) is 3.98. The van der Waals surface area contributed by atoms with Gasteiger partial charge in [-0.3, -0.25) is 9.59 Å². The third kappa shape index (κ3) is 4.13. The van der Waals surface area contributed by atoms with Crippen LogP contribution in [0.3, 0.4) is 0 Å². The maximum Gasteiger partial charge on any atom is 0.326 e. The van der Waals surface area contributed by atoms with E-state index in [4.69, 9.17) is 15.3 Å². The van der Waals surface area contributed by atoms with Crippen molar-refractivity contribution >= 4 is 17.8 Å². The molecule has 0 spiro atoms. The van der Waals surface area contributed by atoms with Crippen LogP contribution in [-0.4, -0.2) is 28.9 Å². The molecule has 0 saturated heterocycles. The summed E-state index contributed by atoms with van der Waals surface area (Å²) in [6.07, 6.45) is 1.74. The Kier molecular flexibility index (Phi) is 5.11. The topological polar surface area (TPSA) is 123 Å². The molecule has 2 amide bonds. The van der Waals surface area contributed by atoms with Gasteiger partial charge in [-0.05, 0) is 12.5 Å². The molecule has 104 valence electrons. The van der Waals surface area contributed by atoms with Crippen LogP contribution < -0.4 is 11.1 Å². The van der Waals surface area contributed by atoms with Gasteiger partial charge in [0.25, 0.3) is 5.91 Å². The number of carboxylic acid groups (broad SMARTS) is 1. The maximum atomic E-state index is 11.9. The molecule has 1 unspecified atom stereocenters. The van der Waals surface area contributed by atoms with E-state index in [9.17, 15) is 14.4 Å². The van der Waals surface area contributed by atoms with E-state index in [0.29, 0.717) is 17.7 Å². The Morgan fingerprint density at radius 2 is 2.16 bits per heavy atom. The number of furan rings is 1. The number of hydrogen-bond acceptors (Lipinski definition) is 4. The first-order chi connectivity index (χ1) is 8.95. The van der Waals surface area contributed by atoms with Gasteiger partial charge >= 0.3 is 5.97 Å². The van der Waals surface area contributed by atoms with Crippen LogP contribution in [0.4, 0.5) is 0 Å². The van der Waals surface area contributed by atoms with Crippen molar-refractivity contribution < 1.29 is 23.9 Å². The van der Waals surface area contributed by atoms with Gasteiger partial charge in [-0.1, -0.05) is 6.92 Å². The Morgan fingerprint density at radius 1 is 1.47 bits per heavy atom. The van der Waals surface area contributed by atoms with E-state index in [2.05, 4.69) is 5.32 Å². The Hall–Kier alpha value is -2.31. The smallest absolute Gasteiger partial charge is 0.326 e. The van der Waals surface area contributed by atoms with Crippen LogP contribution in [0.25, 0.3) is 0 Å². The summed E-state index contributed by atoms with van der Waals surface area (Å²) in [5, 5.41) is 11.3. The summed E-state index contributed by atoms with van der Waals surface area (Å²) in [7, 11) is 0. The summed E-state index contributed by atoms with van der Waals surface area (Å²) >= 11 is 0. The Bertz CT molecular complexity index is 480. The molecule has 1 aromatic rings. The standard InChI is InChI=1S/C12H16N2O5/c1-2-9-7(5-6-19-9)11(16)14-8(12(17)18)3-4-10(13)15/h5-6,8H,2-4H2,1H3,(H2,13,15)(H,14,16)(H,17,18). The minimum atomic E-state index is -1.21. The van der Waals surface area contributed by atoms with Crippen LogP contribution in [-0.2, 0) is 16.0 Å². The van der Waals surface area contributed by atoms with Crippen LogP contribution in [0.1, 0.15) is 35.9 Å². The number of primary amides is 1. The highest BCUT2D eigenvalue weighted by atomic mass is 16.4. The maximum absolute atomic E-state index is 11.9. The second kappa shape index (κ2) is 6.58. The van der Waals surface area contributed by atoms with Gasteiger partial charge in [0.05, 0.1) is 11.8 Å². The van der Waals surface area contributed by atoms with Crippen molar-refractivity contribution in [3.8, 4) is 0 Å². The quantitative estimate of drug-likeness (QED) is 0.656. The molecular formula is C12H16N2O5. The molecule has 1 rings (SSSR count). The molecular weight excluding hydrogens is 252 g/mol. The molecule has 1 atom stereocenters. The average molecular weight is 268 g/mol. The van der Waals surface area contributed by atoms with Gasteiger partial charge < -0.3 is 20.6 Å². The predicted octanol–water partition coefficient (Wildman–Crippen LogP) is 0.291. The number of carbonyl (C=O) groups excluding carboxylic acids is 2. The summed E-state index contributed by atoms with van der Waals surface area (Å²) in [5.41, 5.74) is 5.25. The molecule has 1 aromatic heterocycles. The zero-order valence-electron chi connectivity index (χ0n) is 10.5. The van der Waals surface area contributed by atoms with E-state index in [-0.39, 0.29) is 12.8 Å². The zero-order valence-corrected chi connectivity index (χ0v) is 10.5. The van der Waals surface area contributed by atoms with Gasteiger partial charge in [0.1, 0.15) is 11.8 Å². The van der Waals surface area contributed by atoms with Crippen LogP contribution >= 0.6 is 0 Å². The minimum Gasteiger partial charge on any atom is -0.480 e. The number of hydrogen-bond donors (Lipinski definition) is 3. The van der Waals surface area contributed by atoms with Crippen molar-refractivity contribution in [2.45, 2.75) is 32.2 Å². The van der Waals surface area contributed by atoms with E-state index in [1.54, 1.807) is 0 Å². The molecule has 0 aliphatic heterocycles. The number of carboxylic acids is 1. The molecule has 0 aliphatic rings. The number of aryl methyl sites for hydroxylation is 1. The van der Waals surface area contributed by atoms with Crippen molar-refractivity contribution in [3.63, 3.8) is 0 Å². The molecule has 7 heteroatoms. The third-order valence-electron chi connectivity index (χ3n) is 2.59. The first kappa shape index (κ1) is 14.7. The summed E-state index contributed by atoms with van der Waals surface area (Å²) < 4.78 is 5.09. The summed E-state index contributed by atoms with van der Waals surface area (Å²) in [6, 6.07) is 0.320. The number of rotatable bonds is 7. The second-order valence-corrected chi connectivity index (χ2v) is 3.98. The predicted molar refractivity (Wildman–Crippen MR) is 65.4 cm³/mol. The molecule has 0 fully saturated rings. The molecule has 0 bridgehead atoms. The molecule has 1 heterocycles. The minimum absolute atomic E-state index is 0.0459. The fraction of sp³-hybridized carbons (Fsp3) is 0.417. The summed E-state index contributed by atoms with van der Waals surface area (Å²) in [4.78, 5) is 33.5. The van der Waals surface area contributed by atoms with E-state index < -0.39 is 23.8 Å². The van der Waals surface area contributed by atoms with Gasteiger partial charge in [0, 0.05) is 12.8 Å². The number of aliphatic carboxylic acids is 1. The largest absolute Gasteiger partial charge is 0.480 e. The molecule has 0 radical (unpaired) electrons. The lowest BCUT2D eigenvalue weighted by Gasteiger charge is -2.13. The van der Waals surface area contributed by atoms with Gasteiger partial charge in [0.15, 0.2) is 0 Å². The molecule has 0 aliphatic carbocycles. The van der Waals surface area contributed by atoms with E-state index in [1.807, 2.05) is 6.92 Å². The fourth-order valence-electron chi connectivity index (χ4n) is 1.60. The number of carbonyl (C=O) groups is 3. The number of amides is 2. The highest BCUT2D eigenvalue weighted by Gasteiger charge is 2.23. The van der Waals surface area contributed by atoms with Crippen molar-refractivity contribution in [2.24, 2.45) is 5.73 Å². The van der Waals surface area contributed by atoms with Gasteiger partial charge in [0.2, 0.25) is 5.91 Å². The molecule has 0 saturated carbocycles. The lowest BCUT2D eigenvalue weighted by molar-refractivity contribution is -0.139. The number of nitrogens with two attached hydrogens (primary N) is 1. The highest BCUT2D eigenvalue weighted by Crippen LogP contribution is 2.11. The Morgan fingerprint density at radius 3 is 2.68 bits per heavy atom. The van der Waals surface area contributed by atoms with E-state index in [0.717, 1.165) is 0 Å². The molecule has 4 N–H and O–H groups in total. The van der Waals surface area contributed by atoms with Gasteiger partial charge in [-0.25, -0.2) is 4.79 Å². The summed E-state index contributed by atoms with van der Waals surface area (Å²) in [5.74, 6) is -1.88. The molecule has 19 heavy (non-hydrogen) atoms. The van der Waals surface area contributed by atoms with Crippen LogP contribution in [0.15, 0.2) is 16.7 Å². The van der Waals surface area contributed by atoms with E-state index >= 15 is 0 Å². The average Bonchev–Trinajstić information content (AvgIpc) is 2.81. The van der Waals surface area contributed by atoms with Crippen molar-refractivity contribution in [1.29, 1.82) is 0 Å². The van der Waals surface area contributed by atoms with Crippen LogP contribution in [0.5, 0.6) is 0 Å². The third-order valence-corrected chi connectivity index (χ3v) is 2.59. The zero-order chi connectivity index (χ0) is 14.4. The molecule has 7 nitrogen and oxygen atoms in total. The SMILES string of the molecule is CCc1occc1C(=O)NC(CCC(N)=O)C(=O)O. The Labute approximate surface area is 109 Å². The highest BCUT2D eigenvalue weighted by molar-refractivity contribution is 5.97. The van der Waals surface area contributed by atoms with Crippen molar-refractivity contribution in [3.05, 3.63) is 23.7 Å². The van der Waals surface area contributed by atoms with Gasteiger partial charge in [-0.2, -0.15) is 0 Å². The number of nitrogens with one attached hydrogen (secondary N) is 1. The van der Waals surface area contributed by atoms with Gasteiger partial charge in [-0.15, -0.1) is 0 Å². The van der Waals surface area contributed by atoms with Crippen LogP contribution in [0.2, 0.25) is 0 Å². The monoisotopic (exact) mass is 268 g/mol. The summed E-state index contributed by atoms with van der Waals surface area (Å²) in [6.45, 7) is 1.82. The fourth-order valence-corrected chi connectivity index (χ4v) is 1.60. The van der Waals surface area contributed by atoms with Crippen molar-refractivity contribution in [1.82, 2.24) is 5.32 Å².